The van der Waals surface area contributed by atoms with E-state index in [0.717, 1.165) is 18.2 Å². The van der Waals surface area contributed by atoms with Crippen molar-refractivity contribution in [2.24, 2.45) is 0 Å². The molecule has 0 fully saturated rings. The topological polar surface area (TPSA) is 105 Å². The number of carbonyl (C=O) groups excluding carboxylic acids is 2. The Bertz CT molecular complexity index is 1150. The van der Waals surface area contributed by atoms with Crippen LogP contribution in [0.15, 0.2) is 48.5 Å². The van der Waals surface area contributed by atoms with Crippen molar-refractivity contribution in [1.29, 1.82) is 0 Å². The summed E-state index contributed by atoms with van der Waals surface area (Å²) in [6, 6.07) is 13.4. The zero-order chi connectivity index (χ0) is 27.6. The number of amides is 2. The molecule has 10 heteroatoms. The van der Waals surface area contributed by atoms with Gasteiger partial charge in [0.15, 0.2) is 0 Å². The second-order valence-electron chi connectivity index (χ2n) is 9.01. The molecule has 2 atom stereocenters. The summed E-state index contributed by atoms with van der Waals surface area (Å²) < 4.78 is 36.8. The van der Waals surface area contributed by atoms with Gasteiger partial charge in [-0.1, -0.05) is 25.1 Å². The first-order chi connectivity index (χ1) is 17.5. The summed E-state index contributed by atoms with van der Waals surface area (Å²) in [6.07, 6.45) is 2.25. The van der Waals surface area contributed by atoms with Crippen LogP contribution in [-0.4, -0.2) is 64.2 Å². The van der Waals surface area contributed by atoms with Crippen LogP contribution in [0, 0.1) is 0 Å². The zero-order valence-electron chi connectivity index (χ0n) is 22.6. The van der Waals surface area contributed by atoms with Crippen LogP contribution in [-0.2, 0) is 26.2 Å². The molecular formula is C27H39N3O6S. The minimum Gasteiger partial charge on any atom is -0.497 e. The van der Waals surface area contributed by atoms with Gasteiger partial charge in [-0.15, -0.1) is 0 Å². The van der Waals surface area contributed by atoms with Gasteiger partial charge >= 0.3 is 0 Å². The van der Waals surface area contributed by atoms with E-state index in [4.69, 9.17) is 9.47 Å². The Labute approximate surface area is 220 Å². The van der Waals surface area contributed by atoms with Gasteiger partial charge in [0.05, 0.1) is 26.2 Å². The Morgan fingerprint density at radius 3 is 2.22 bits per heavy atom. The second-order valence-corrected chi connectivity index (χ2v) is 10.9. The maximum atomic E-state index is 13.4. The predicted molar refractivity (Wildman–Crippen MR) is 145 cm³/mol. The van der Waals surface area contributed by atoms with Gasteiger partial charge in [0.1, 0.15) is 17.5 Å². The Hall–Kier alpha value is -3.27. The van der Waals surface area contributed by atoms with Crippen LogP contribution in [0.5, 0.6) is 11.5 Å². The number of hydrogen-bond acceptors (Lipinski definition) is 6. The van der Waals surface area contributed by atoms with Crippen LogP contribution in [0.2, 0.25) is 0 Å². The van der Waals surface area contributed by atoms with E-state index in [1.165, 1.54) is 16.3 Å². The van der Waals surface area contributed by atoms with Crippen molar-refractivity contribution < 1.29 is 27.5 Å². The molecule has 0 aromatic heterocycles. The molecule has 2 amide bonds. The number of sulfonamides is 1. The normalized spacial score (nSPS) is 12.8. The van der Waals surface area contributed by atoms with Crippen LogP contribution in [0.4, 0.5) is 5.69 Å². The molecule has 2 rings (SSSR count). The fourth-order valence-electron chi connectivity index (χ4n) is 3.79. The molecule has 0 saturated heterocycles. The molecule has 0 spiro atoms. The summed E-state index contributed by atoms with van der Waals surface area (Å²) >= 11 is 0. The van der Waals surface area contributed by atoms with E-state index in [1.54, 1.807) is 38.3 Å². The van der Waals surface area contributed by atoms with Crippen molar-refractivity contribution in [3.05, 3.63) is 54.1 Å². The van der Waals surface area contributed by atoms with E-state index in [9.17, 15) is 18.0 Å². The monoisotopic (exact) mass is 533 g/mol. The Morgan fingerprint density at radius 2 is 1.62 bits per heavy atom. The molecule has 2 aromatic carbocycles. The van der Waals surface area contributed by atoms with Crippen molar-refractivity contribution in [2.45, 2.75) is 58.7 Å². The molecule has 2 aromatic rings. The molecule has 9 nitrogen and oxygen atoms in total. The number of carbonyl (C=O) groups is 2. The summed E-state index contributed by atoms with van der Waals surface area (Å²) in [7, 11) is -0.507. The lowest BCUT2D eigenvalue weighted by molar-refractivity contribution is -0.140. The third-order valence-corrected chi connectivity index (χ3v) is 7.34. The summed E-state index contributed by atoms with van der Waals surface area (Å²) in [6.45, 7) is 5.92. The van der Waals surface area contributed by atoms with Crippen molar-refractivity contribution in [3.8, 4) is 11.5 Å². The van der Waals surface area contributed by atoms with Crippen LogP contribution in [0.25, 0.3) is 0 Å². The molecule has 37 heavy (non-hydrogen) atoms. The van der Waals surface area contributed by atoms with Crippen molar-refractivity contribution in [3.63, 3.8) is 0 Å². The zero-order valence-corrected chi connectivity index (χ0v) is 23.4. The van der Waals surface area contributed by atoms with E-state index in [0.29, 0.717) is 17.2 Å². The average molecular weight is 534 g/mol. The lowest BCUT2D eigenvalue weighted by Crippen LogP contribution is -2.49. The maximum Gasteiger partial charge on any atom is 0.242 e. The molecule has 0 aliphatic heterocycles. The predicted octanol–water partition coefficient (Wildman–Crippen LogP) is 3.58. The highest BCUT2D eigenvalue weighted by Crippen LogP contribution is 2.24. The highest BCUT2D eigenvalue weighted by atomic mass is 32.2. The number of hydrogen-bond donors (Lipinski definition) is 1. The molecule has 2 unspecified atom stereocenters. The molecule has 0 heterocycles. The molecule has 0 saturated carbocycles. The molecule has 0 bridgehead atoms. The van der Waals surface area contributed by atoms with Gasteiger partial charge in [0.2, 0.25) is 21.8 Å². The van der Waals surface area contributed by atoms with E-state index < -0.39 is 16.1 Å². The Kier molecular flexibility index (Phi) is 11.2. The third-order valence-electron chi connectivity index (χ3n) is 6.15. The lowest BCUT2D eigenvalue weighted by atomic mass is 10.1. The first kappa shape index (κ1) is 30.0. The maximum absolute atomic E-state index is 13.4. The summed E-state index contributed by atoms with van der Waals surface area (Å²) in [4.78, 5) is 27.8. The minimum atomic E-state index is -3.59. The number of anilines is 1. The van der Waals surface area contributed by atoms with Gasteiger partial charge in [-0.3, -0.25) is 13.9 Å². The van der Waals surface area contributed by atoms with Crippen molar-refractivity contribution in [2.75, 3.05) is 31.3 Å². The number of benzene rings is 2. The van der Waals surface area contributed by atoms with Crippen LogP contribution in [0.1, 0.15) is 45.6 Å². The third kappa shape index (κ3) is 8.96. The van der Waals surface area contributed by atoms with E-state index in [-0.39, 0.29) is 43.8 Å². The van der Waals surface area contributed by atoms with Crippen LogP contribution >= 0.6 is 0 Å². The molecular weight excluding hydrogens is 494 g/mol. The largest absolute Gasteiger partial charge is 0.497 e. The SMILES string of the molecule is CCC(C)NC(=O)C(C)N(Cc1cccc(OC)c1)C(=O)CCCN(c1cccc(OC)c1)S(C)(=O)=O. The second kappa shape index (κ2) is 13.9. The quantitative estimate of drug-likeness (QED) is 0.398. The van der Waals surface area contributed by atoms with Gasteiger partial charge < -0.3 is 19.7 Å². The van der Waals surface area contributed by atoms with E-state index in [2.05, 4.69) is 5.32 Å². The molecule has 0 aliphatic rings. The summed E-state index contributed by atoms with van der Waals surface area (Å²) in [5, 5.41) is 2.94. The molecule has 0 aliphatic carbocycles. The van der Waals surface area contributed by atoms with Crippen molar-refractivity contribution >= 4 is 27.5 Å². The van der Waals surface area contributed by atoms with Gasteiger partial charge in [-0.25, -0.2) is 8.42 Å². The van der Waals surface area contributed by atoms with E-state index in [1.807, 2.05) is 38.1 Å². The Balaban J connectivity index is 2.20. The Morgan fingerprint density at radius 1 is 1.00 bits per heavy atom. The fraction of sp³-hybridized carbons (Fsp3) is 0.481. The fourth-order valence-corrected chi connectivity index (χ4v) is 4.74. The average Bonchev–Trinajstić information content (AvgIpc) is 2.88. The molecule has 204 valence electrons. The standard InChI is InChI=1S/C27H39N3O6S/c1-7-20(2)28-27(32)21(3)29(19-22-11-8-13-24(17-22)35-4)26(31)15-10-16-30(37(6,33)34)23-12-9-14-25(18-23)36-5/h8-9,11-14,17-18,20-21H,7,10,15-16,19H2,1-6H3,(H,28,32). The number of rotatable bonds is 14. The first-order valence-electron chi connectivity index (χ1n) is 12.3. The van der Waals surface area contributed by atoms with Gasteiger partial charge in [0, 0.05) is 31.6 Å². The smallest absolute Gasteiger partial charge is 0.242 e. The highest BCUT2D eigenvalue weighted by molar-refractivity contribution is 7.92. The number of nitrogens with one attached hydrogen (secondary N) is 1. The minimum absolute atomic E-state index is 0.0186. The van der Waals surface area contributed by atoms with Crippen molar-refractivity contribution in [1.82, 2.24) is 10.2 Å². The van der Waals surface area contributed by atoms with Crippen LogP contribution in [0.3, 0.4) is 0 Å². The van der Waals surface area contributed by atoms with E-state index >= 15 is 0 Å². The number of ether oxygens (including phenoxy) is 2. The number of methoxy groups -OCH3 is 2. The molecule has 0 radical (unpaired) electrons. The lowest BCUT2D eigenvalue weighted by Gasteiger charge is -2.30. The van der Waals surface area contributed by atoms with Gasteiger partial charge in [-0.2, -0.15) is 0 Å². The highest BCUT2D eigenvalue weighted by Gasteiger charge is 2.27. The summed E-state index contributed by atoms with van der Waals surface area (Å²) in [5.74, 6) is 0.713. The first-order valence-corrected chi connectivity index (χ1v) is 14.2. The summed E-state index contributed by atoms with van der Waals surface area (Å²) in [5.41, 5.74) is 1.29. The van der Waals surface area contributed by atoms with Gasteiger partial charge in [-0.05, 0) is 56.5 Å². The van der Waals surface area contributed by atoms with Gasteiger partial charge in [0.25, 0.3) is 0 Å². The molecule has 1 N–H and O–H groups in total. The van der Waals surface area contributed by atoms with Crippen LogP contribution < -0.4 is 19.1 Å². The number of nitrogens with zero attached hydrogens (tertiary/aromatic N) is 2.